The Morgan fingerprint density at radius 1 is 1.06 bits per heavy atom. The average molecular weight is 678 g/mol. The minimum atomic E-state index is -0.715. The topological polar surface area (TPSA) is 136 Å². The fourth-order valence-corrected chi connectivity index (χ4v) is 7.00. The van der Waals surface area contributed by atoms with E-state index in [1.807, 2.05) is 24.3 Å². The Hall–Kier alpha value is -4.45. The number of nitrogens with one attached hydrogen (secondary N) is 3. The summed E-state index contributed by atoms with van der Waals surface area (Å²) in [4.78, 5) is 54.5. The van der Waals surface area contributed by atoms with Crippen LogP contribution in [0.4, 0.5) is 5.69 Å². The minimum Gasteiger partial charge on any atom is -0.481 e. The maximum atomic E-state index is 13.2. The second kappa shape index (κ2) is 13.0. The van der Waals surface area contributed by atoms with Crippen LogP contribution in [0.2, 0.25) is 10.0 Å². The summed E-state index contributed by atoms with van der Waals surface area (Å²) in [6.07, 6.45) is 4.31. The van der Waals surface area contributed by atoms with Crippen LogP contribution < -0.4 is 31.9 Å². The first-order chi connectivity index (χ1) is 22.5. The third-order valence-electron chi connectivity index (χ3n) is 8.96. The number of fused-ring (bicyclic) bond motifs is 1. The van der Waals surface area contributed by atoms with Crippen molar-refractivity contribution in [3.8, 4) is 28.3 Å². The first-order valence-corrected chi connectivity index (χ1v) is 16.0. The third kappa shape index (κ3) is 6.06. The molecule has 1 fully saturated rings. The van der Waals surface area contributed by atoms with Gasteiger partial charge in [-0.3, -0.25) is 19.0 Å². The number of carbonyl (C=O) groups is 2. The van der Waals surface area contributed by atoms with Crippen LogP contribution in [0.15, 0.2) is 52.2 Å². The van der Waals surface area contributed by atoms with Gasteiger partial charge in [-0.2, -0.15) is 0 Å². The molecule has 2 aliphatic rings. The number of ether oxygens (including phenoxy) is 1. The van der Waals surface area contributed by atoms with Crippen LogP contribution in [-0.2, 0) is 25.3 Å². The fourth-order valence-electron chi connectivity index (χ4n) is 6.43. The largest absolute Gasteiger partial charge is 0.481 e. The minimum absolute atomic E-state index is 0.0621. The molecule has 1 aliphatic carbocycles. The highest BCUT2D eigenvalue weighted by Gasteiger charge is 2.30. The van der Waals surface area contributed by atoms with Gasteiger partial charge < -0.3 is 25.3 Å². The van der Waals surface area contributed by atoms with Crippen molar-refractivity contribution in [3.05, 3.63) is 95.7 Å². The molecule has 0 saturated carbocycles. The van der Waals surface area contributed by atoms with Gasteiger partial charge in [0.15, 0.2) is 0 Å². The lowest BCUT2D eigenvalue weighted by Crippen LogP contribution is -2.40. The van der Waals surface area contributed by atoms with Crippen LogP contribution in [0.5, 0.6) is 5.88 Å². The highest BCUT2D eigenvalue weighted by atomic mass is 35.5. The van der Waals surface area contributed by atoms with Gasteiger partial charge in [-0.05, 0) is 55.0 Å². The van der Waals surface area contributed by atoms with Gasteiger partial charge in [0.25, 0.3) is 11.5 Å². The normalized spacial score (nSPS) is 17.0. The summed E-state index contributed by atoms with van der Waals surface area (Å²) in [6, 6.07) is 11.4. The lowest BCUT2D eigenvalue weighted by atomic mass is 9.96. The molecular weight excluding hydrogens is 643 g/mol. The molecule has 3 N–H and O–H groups in total. The van der Waals surface area contributed by atoms with E-state index in [1.165, 1.54) is 24.9 Å². The Bertz CT molecular complexity index is 2060. The van der Waals surface area contributed by atoms with E-state index in [1.54, 1.807) is 20.1 Å². The summed E-state index contributed by atoms with van der Waals surface area (Å²) < 4.78 is 7.83. The summed E-state index contributed by atoms with van der Waals surface area (Å²) in [6.45, 7) is 2.48. The molecule has 2 aromatic heterocycles. The molecule has 6 rings (SSSR count). The van der Waals surface area contributed by atoms with Crippen molar-refractivity contribution < 1.29 is 14.3 Å². The molecule has 13 heteroatoms. The Morgan fingerprint density at radius 3 is 2.55 bits per heavy atom. The van der Waals surface area contributed by atoms with Gasteiger partial charge in [0.2, 0.25) is 11.8 Å². The second-order valence-corrected chi connectivity index (χ2v) is 12.7. The van der Waals surface area contributed by atoms with Crippen molar-refractivity contribution in [2.45, 2.75) is 44.7 Å². The first kappa shape index (κ1) is 32.5. The summed E-state index contributed by atoms with van der Waals surface area (Å²) in [7, 11) is 4.38. The summed E-state index contributed by atoms with van der Waals surface area (Å²) in [5.41, 5.74) is 4.45. The number of rotatable bonds is 8. The van der Waals surface area contributed by atoms with E-state index in [4.69, 9.17) is 32.9 Å². The van der Waals surface area contributed by atoms with Gasteiger partial charge in [0.1, 0.15) is 5.56 Å². The van der Waals surface area contributed by atoms with Crippen molar-refractivity contribution in [2.75, 3.05) is 19.0 Å². The molecule has 4 aromatic rings. The lowest BCUT2D eigenvalue weighted by Gasteiger charge is -2.20. The molecule has 1 aliphatic heterocycles. The van der Waals surface area contributed by atoms with Crippen LogP contribution in [0, 0.1) is 6.92 Å². The molecule has 11 nitrogen and oxygen atoms in total. The highest BCUT2D eigenvalue weighted by Crippen LogP contribution is 2.43. The van der Waals surface area contributed by atoms with E-state index in [2.05, 4.69) is 22.0 Å². The molecule has 3 heterocycles. The SMILES string of the molecule is COc1nc(-c2cccc(-c3ccc(Cl)c(NC(=O)c4cn(C)c(=O)n(C)c4=O)c3C)c2Cl)cc2c1C(NCC1CCC(=O)N1)CC2. The smallest absolute Gasteiger partial charge is 0.330 e. The summed E-state index contributed by atoms with van der Waals surface area (Å²) >= 11 is 13.6. The van der Waals surface area contributed by atoms with E-state index >= 15 is 0 Å². The van der Waals surface area contributed by atoms with Crippen LogP contribution in [0.1, 0.15) is 52.4 Å². The molecule has 244 valence electrons. The molecule has 0 spiro atoms. The van der Waals surface area contributed by atoms with Crippen molar-refractivity contribution in [1.82, 2.24) is 24.8 Å². The van der Waals surface area contributed by atoms with Crippen molar-refractivity contribution in [2.24, 2.45) is 14.1 Å². The number of pyridine rings is 1. The number of amides is 2. The molecule has 0 radical (unpaired) electrons. The number of hydrogen-bond acceptors (Lipinski definition) is 7. The zero-order chi connectivity index (χ0) is 33.6. The Balaban J connectivity index is 1.31. The van der Waals surface area contributed by atoms with Crippen molar-refractivity contribution >= 4 is 40.7 Å². The molecule has 1 saturated heterocycles. The van der Waals surface area contributed by atoms with Crippen molar-refractivity contribution in [3.63, 3.8) is 0 Å². The van der Waals surface area contributed by atoms with E-state index in [-0.39, 0.29) is 28.6 Å². The van der Waals surface area contributed by atoms with Crippen LogP contribution in [-0.4, -0.2) is 45.6 Å². The number of aromatic nitrogens is 3. The lowest BCUT2D eigenvalue weighted by molar-refractivity contribution is -0.119. The monoisotopic (exact) mass is 676 g/mol. The van der Waals surface area contributed by atoms with Gasteiger partial charge in [-0.25, -0.2) is 9.78 Å². The summed E-state index contributed by atoms with van der Waals surface area (Å²) in [5.74, 6) is -0.0742. The van der Waals surface area contributed by atoms with E-state index in [0.717, 1.165) is 40.5 Å². The zero-order valence-electron chi connectivity index (χ0n) is 26.4. The predicted octanol–water partition coefficient (Wildman–Crippen LogP) is 4.54. The molecule has 0 bridgehead atoms. The van der Waals surface area contributed by atoms with E-state index in [0.29, 0.717) is 51.9 Å². The number of hydrogen-bond donors (Lipinski definition) is 3. The highest BCUT2D eigenvalue weighted by molar-refractivity contribution is 6.36. The Kier molecular flexibility index (Phi) is 8.97. The third-order valence-corrected chi connectivity index (χ3v) is 9.68. The van der Waals surface area contributed by atoms with Crippen LogP contribution in [0.25, 0.3) is 22.4 Å². The maximum Gasteiger partial charge on any atom is 0.330 e. The zero-order valence-corrected chi connectivity index (χ0v) is 27.9. The molecular formula is C34H34Cl2N6O5. The molecule has 2 atom stereocenters. The van der Waals surface area contributed by atoms with Gasteiger partial charge in [0.05, 0.1) is 28.5 Å². The standard InChI is InChI=1S/C34H34Cl2N6O5/c1-17-20(10-11-24(35)30(17)40-31(44)23-16-41(2)34(46)42(3)33(23)45)21-6-5-7-22(29(21)36)26-14-18-8-12-25(28(18)32(39-26)47-4)37-15-19-9-13-27(43)38-19/h5-7,10-11,14,16,19,25,37H,8-9,12-13,15H2,1-4H3,(H,38,43)(H,40,44). The second-order valence-electron chi connectivity index (χ2n) is 11.9. The number of carbonyl (C=O) groups excluding carboxylic acids is 2. The fraction of sp³-hybridized carbons (Fsp3) is 0.324. The van der Waals surface area contributed by atoms with Gasteiger partial charge >= 0.3 is 5.69 Å². The number of anilines is 1. The van der Waals surface area contributed by atoms with Crippen LogP contribution >= 0.6 is 23.2 Å². The number of benzene rings is 2. The van der Waals surface area contributed by atoms with Crippen molar-refractivity contribution in [1.29, 1.82) is 0 Å². The van der Waals surface area contributed by atoms with E-state index in [9.17, 15) is 19.2 Å². The average Bonchev–Trinajstić information content (AvgIpc) is 3.68. The van der Waals surface area contributed by atoms with Gasteiger partial charge in [-0.1, -0.05) is 47.5 Å². The quantitative estimate of drug-likeness (QED) is 0.249. The van der Waals surface area contributed by atoms with Gasteiger partial charge in [-0.15, -0.1) is 0 Å². The summed E-state index contributed by atoms with van der Waals surface area (Å²) in [5, 5.41) is 10.1. The van der Waals surface area contributed by atoms with Crippen LogP contribution in [0.3, 0.4) is 0 Å². The molecule has 2 amide bonds. The first-order valence-electron chi connectivity index (χ1n) is 15.2. The molecule has 2 unspecified atom stereocenters. The van der Waals surface area contributed by atoms with E-state index < -0.39 is 17.2 Å². The number of halogens is 2. The maximum absolute atomic E-state index is 13.2. The molecule has 2 aromatic carbocycles. The number of methoxy groups -OCH3 is 1. The molecule has 47 heavy (non-hydrogen) atoms. The van der Waals surface area contributed by atoms with Gasteiger partial charge in [0, 0.05) is 62.0 Å². The number of aryl methyl sites for hydroxylation is 2. The Labute approximate surface area is 280 Å². The number of nitrogens with zero attached hydrogens (tertiary/aromatic N) is 3. The predicted molar refractivity (Wildman–Crippen MR) is 182 cm³/mol. The Morgan fingerprint density at radius 2 is 1.83 bits per heavy atom.